The molecule has 0 aliphatic carbocycles. The molecule has 1 heterocycles. The summed E-state index contributed by atoms with van der Waals surface area (Å²) in [6, 6.07) is 0. The largest absolute Gasteiger partial charge is 0.493 e. The molecule has 6 heteroatoms. The van der Waals surface area contributed by atoms with E-state index in [1.807, 2.05) is 6.92 Å². The molecular formula is C10H16N4O2. The Balaban J connectivity index is 3.05. The van der Waals surface area contributed by atoms with Gasteiger partial charge in [0.2, 0.25) is 11.7 Å². The molecule has 1 rings (SSSR count). The minimum atomic E-state index is -0.160. The van der Waals surface area contributed by atoms with Gasteiger partial charge in [0.25, 0.3) is 0 Å². The first-order valence-corrected chi connectivity index (χ1v) is 5.09. The smallest absolute Gasteiger partial charge is 0.212 e. The molecule has 1 unspecified atom stereocenters. The lowest BCUT2D eigenvalue weighted by atomic mass is 10.0. The van der Waals surface area contributed by atoms with Crippen LogP contribution in [-0.2, 0) is 6.54 Å². The van der Waals surface area contributed by atoms with Crippen molar-refractivity contribution in [3.05, 3.63) is 12.0 Å². The number of ketones is 1. The number of Topliss-reactive ketones (excluding diaryl/α,β-unsaturated/α-hetero) is 1. The molecule has 0 saturated carbocycles. The zero-order valence-electron chi connectivity index (χ0n) is 9.40. The minimum absolute atomic E-state index is 0.0245. The van der Waals surface area contributed by atoms with Crippen molar-refractivity contribution < 1.29 is 9.90 Å². The van der Waals surface area contributed by atoms with Gasteiger partial charge in [-0.2, -0.15) is 0 Å². The summed E-state index contributed by atoms with van der Waals surface area (Å²) in [6.07, 6.45) is 1.89. The first-order chi connectivity index (χ1) is 7.47. The fourth-order valence-corrected chi connectivity index (χ4v) is 1.30. The number of hydrogen-bond donors (Lipinski definition) is 3. The topological polar surface area (TPSA) is 105 Å². The van der Waals surface area contributed by atoms with Gasteiger partial charge < -0.3 is 10.8 Å². The lowest BCUT2D eigenvalue weighted by molar-refractivity contribution is 0.0912. The van der Waals surface area contributed by atoms with Crippen LogP contribution in [0.5, 0.6) is 5.88 Å². The standard InChI is InChI=1S/C10H16N4O2/c1-3-6(2)9(16)10-13-4-8(15)14(10)5-7(11)12/h4,6,15H,3,5H2,1-2H3,(H3,11,12). The fraction of sp³-hybridized carbons (Fsp3) is 0.500. The average Bonchev–Trinajstić information content (AvgIpc) is 2.58. The molecule has 0 bridgehead atoms. The Kier molecular flexibility index (Phi) is 3.65. The predicted molar refractivity (Wildman–Crippen MR) is 59.6 cm³/mol. The fourth-order valence-electron chi connectivity index (χ4n) is 1.30. The van der Waals surface area contributed by atoms with Crippen molar-refractivity contribution in [1.29, 1.82) is 5.41 Å². The van der Waals surface area contributed by atoms with Crippen molar-refractivity contribution in [2.75, 3.05) is 0 Å². The maximum atomic E-state index is 11.9. The van der Waals surface area contributed by atoms with E-state index in [4.69, 9.17) is 11.1 Å². The van der Waals surface area contributed by atoms with Crippen molar-refractivity contribution in [2.24, 2.45) is 11.7 Å². The number of aromatic nitrogens is 2. The zero-order valence-corrected chi connectivity index (χ0v) is 9.40. The Morgan fingerprint density at radius 2 is 2.38 bits per heavy atom. The molecule has 0 aromatic carbocycles. The summed E-state index contributed by atoms with van der Waals surface area (Å²) in [4.78, 5) is 15.7. The molecule has 6 nitrogen and oxygen atoms in total. The first-order valence-electron chi connectivity index (χ1n) is 5.09. The van der Waals surface area contributed by atoms with Crippen LogP contribution in [0.4, 0.5) is 0 Å². The van der Waals surface area contributed by atoms with Gasteiger partial charge in [0.15, 0.2) is 5.82 Å². The second-order valence-corrected chi connectivity index (χ2v) is 3.72. The number of rotatable bonds is 5. The Hall–Kier alpha value is -1.85. The minimum Gasteiger partial charge on any atom is -0.493 e. The van der Waals surface area contributed by atoms with Gasteiger partial charge in [-0.25, -0.2) is 4.98 Å². The number of imidazole rings is 1. The van der Waals surface area contributed by atoms with Gasteiger partial charge in [0.05, 0.1) is 12.7 Å². The van der Waals surface area contributed by atoms with E-state index >= 15 is 0 Å². The van der Waals surface area contributed by atoms with Gasteiger partial charge in [0.1, 0.15) is 5.84 Å². The van der Waals surface area contributed by atoms with Gasteiger partial charge in [-0.3, -0.25) is 14.8 Å². The summed E-state index contributed by atoms with van der Waals surface area (Å²) in [5, 5.41) is 16.6. The van der Waals surface area contributed by atoms with Crippen LogP contribution in [0.3, 0.4) is 0 Å². The molecule has 0 aliphatic heterocycles. The normalized spacial score (nSPS) is 12.4. The molecule has 0 aliphatic rings. The summed E-state index contributed by atoms with van der Waals surface area (Å²) in [5.41, 5.74) is 5.24. The van der Waals surface area contributed by atoms with Crippen LogP contribution >= 0.6 is 0 Å². The Morgan fingerprint density at radius 1 is 1.75 bits per heavy atom. The van der Waals surface area contributed by atoms with Crippen LogP contribution in [0.2, 0.25) is 0 Å². The van der Waals surface area contributed by atoms with Crippen LogP contribution in [0.25, 0.3) is 0 Å². The van der Waals surface area contributed by atoms with E-state index < -0.39 is 0 Å². The van der Waals surface area contributed by atoms with E-state index in [0.29, 0.717) is 6.42 Å². The lowest BCUT2D eigenvalue weighted by Gasteiger charge is -2.10. The number of nitrogens with two attached hydrogens (primary N) is 1. The molecule has 0 spiro atoms. The molecule has 0 radical (unpaired) electrons. The van der Waals surface area contributed by atoms with Crippen LogP contribution < -0.4 is 5.73 Å². The van der Waals surface area contributed by atoms with E-state index in [1.165, 1.54) is 10.8 Å². The number of amidine groups is 1. The summed E-state index contributed by atoms with van der Waals surface area (Å²) < 4.78 is 1.25. The molecule has 16 heavy (non-hydrogen) atoms. The van der Waals surface area contributed by atoms with Gasteiger partial charge >= 0.3 is 0 Å². The molecule has 1 atom stereocenters. The number of nitrogens with zero attached hydrogens (tertiary/aromatic N) is 2. The number of nitrogens with one attached hydrogen (secondary N) is 1. The first kappa shape index (κ1) is 12.2. The highest BCUT2D eigenvalue weighted by atomic mass is 16.3. The highest BCUT2D eigenvalue weighted by Crippen LogP contribution is 2.16. The van der Waals surface area contributed by atoms with E-state index in [9.17, 15) is 9.90 Å². The van der Waals surface area contributed by atoms with Gasteiger partial charge in [0, 0.05) is 5.92 Å². The molecular weight excluding hydrogens is 208 g/mol. The van der Waals surface area contributed by atoms with Crippen molar-refractivity contribution in [3.63, 3.8) is 0 Å². The third-order valence-corrected chi connectivity index (χ3v) is 2.44. The van der Waals surface area contributed by atoms with Crippen LogP contribution in [0.15, 0.2) is 6.20 Å². The Labute approximate surface area is 93.6 Å². The van der Waals surface area contributed by atoms with E-state index in [1.54, 1.807) is 6.92 Å². The maximum absolute atomic E-state index is 11.9. The molecule has 1 aromatic rings. The molecule has 88 valence electrons. The number of aromatic hydroxyl groups is 1. The van der Waals surface area contributed by atoms with Gasteiger partial charge in [-0.15, -0.1) is 0 Å². The summed E-state index contributed by atoms with van der Waals surface area (Å²) in [6.45, 7) is 3.68. The molecule has 0 amide bonds. The number of carbonyl (C=O) groups is 1. The third kappa shape index (κ3) is 2.39. The van der Waals surface area contributed by atoms with E-state index in [0.717, 1.165) is 0 Å². The Bertz CT molecular complexity index is 411. The van der Waals surface area contributed by atoms with Crippen molar-refractivity contribution in [2.45, 2.75) is 26.8 Å². The number of hydrogen-bond acceptors (Lipinski definition) is 4. The lowest BCUT2D eigenvalue weighted by Crippen LogP contribution is -2.23. The van der Waals surface area contributed by atoms with Crippen molar-refractivity contribution in [1.82, 2.24) is 9.55 Å². The predicted octanol–water partition coefficient (Wildman–Crippen LogP) is 0.753. The van der Waals surface area contributed by atoms with Crippen molar-refractivity contribution in [3.8, 4) is 5.88 Å². The zero-order chi connectivity index (χ0) is 12.3. The molecule has 1 aromatic heterocycles. The highest BCUT2D eigenvalue weighted by Gasteiger charge is 2.21. The molecule has 0 saturated heterocycles. The molecule has 0 fully saturated rings. The van der Waals surface area contributed by atoms with Gasteiger partial charge in [-0.05, 0) is 6.42 Å². The molecule has 4 N–H and O–H groups in total. The van der Waals surface area contributed by atoms with Gasteiger partial charge in [-0.1, -0.05) is 13.8 Å². The summed E-state index contributed by atoms with van der Waals surface area (Å²) in [5.74, 6) is -0.438. The number of carbonyl (C=O) groups excluding carboxylic acids is 1. The monoisotopic (exact) mass is 224 g/mol. The van der Waals surface area contributed by atoms with Crippen molar-refractivity contribution >= 4 is 11.6 Å². The maximum Gasteiger partial charge on any atom is 0.212 e. The Morgan fingerprint density at radius 3 is 2.88 bits per heavy atom. The highest BCUT2D eigenvalue weighted by molar-refractivity contribution is 5.95. The van der Waals surface area contributed by atoms with Crippen LogP contribution in [-0.4, -0.2) is 26.3 Å². The van der Waals surface area contributed by atoms with Crippen LogP contribution in [0, 0.1) is 11.3 Å². The average molecular weight is 224 g/mol. The summed E-state index contributed by atoms with van der Waals surface area (Å²) >= 11 is 0. The van der Waals surface area contributed by atoms with Crippen LogP contribution in [0.1, 0.15) is 30.9 Å². The quantitative estimate of drug-likeness (QED) is 0.390. The van der Waals surface area contributed by atoms with E-state index in [-0.39, 0.29) is 35.8 Å². The third-order valence-electron chi connectivity index (χ3n) is 2.44. The second kappa shape index (κ2) is 4.78. The van der Waals surface area contributed by atoms with E-state index in [2.05, 4.69) is 4.98 Å². The summed E-state index contributed by atoms with van der Waals surface area (Å²) in [7, 11) is 0. The SMILES string of the molecule is CCC(C)C(=O)c1ncc(O)n1CC(=N)N. The second-order valence-electron chi connectivity index (χ2n) is 3.72.